The lowest BCUT2D eigenvalue weighted by Gasteiger charge is -2.35. The first-order valence-electron chi connectivity index (χ1n) is 35.9. The molecule has 468 valence electrons. The van der Waals surface area contributed by atoms with Gasteiger partial charge in [0.05, 0.1) is 0 Å². The second kappa shape index (κ2) is 22.3. The summed E-state index contributed by atoms with van der Waals surface area (Å²) in [6.45, 7) is 11.0. The van der Waals surface area contributed by atoms with Gasteiger partial charge in [0.15, 0.2) is 0 Å². The lowest BCUT2D eigenvalue weighted by atomic mass is 9.80. The fourth-order valence-electron chi connectivity index (χ4n) is 18.8. The zero-order valence-corrected chi connectivity index (χ0v) is 55.3. The quantitative estimate of drug-likeness (QED) is 0.0311. The molecule has 4 amide bonds. The van der Waals surface area contributed by atoms with E-state index in [0.29, 0.717) is 22.3 Å². The molecule has 0 N–H and O–H groups in total. The van der Waals surface area contributed by atoms with Crippen LogP contribution >= 0.6 is 0 Å². The number of hydrogen-bond donors (Lipinski definition) is 0. The van der Waals surface area contributed by atoms with Gasteiger partial charge in [-0.15, -0.1) is 0 Å². The molecule has 18 rings (SSSR count). The van der Waals surface area contributed by atoms with E-state index in [4.69, 9.17) is 0 Å². The average Bonchev–Trinajstić information content (AvgIpc) is 0.687. The number of benzene rings is 16. The Hall–Kier alpha value is -9.52. The molecule has 0 fully saturated rings. The van der Waals surface area contributed by atoms with Gasteiger partial charge in [-0.25, -0.2) is 0 Å². The van der Waals surface area contributed by atoms with Gasteiger partial charge in [0, 0.05) is 45.1 Å². The number of amides is 4. The van der Waals surface area contributed by atoms with Crippen molar-refractivity contribution in [3.8, 4) is 11.1 Å². The van der Waals surface area contributed by atoms with E-state index >= 15 is 9.59 Å². The molecule has 0 aliphatic carbocycles. The summed E-state index contributed by atoms with van der Waals surface area (Å²) >= 11 is 0. The third kappa shape index (κ3) is 8.22. The van der Waals surface area contributed by atoms with Crippen LogP contribution in [0.5, 0.6) is 0 Å². The van der Waals surface area contributed by atoms with E-state index in [2.05, 4.69) is 155 Å². The molecule has 1 atom stereocenters. The van der Waals surface area contributed by atoms with Gasteiger partial charge in [0.2, 0.25) is 0 Å². The number of fused-ring (bicyclic) bond motifs is 8. The van der Waals surface area contributed by atoms with Crippen molar-refractivity contribution in [2.75, 3.05) is 0 Å². The van der Waals surface area contributed by atoms with E-state index in [1.54, 1.807) is 4.90 Å². The third-order valence-corrected chi connectivity index (χ3v) is 23.3. The Labute approximate surface area is 553 Å². The fraction of sp³-hybridized carbons (Fsp3) is 0.281. The highest BCUT2D eigenvalue weighted by molar-refractivity contribution is 6.48. The van der Waals surface area contributed by atoms with Crippen LogP contribution in [0.2, 0.25) is 0 Å². The van der Waals surface area contributed by atoms with Crippen molar-refractivity contribution in [2.24, 2.45) is 0 Å². The Bertz CT molecular complexity index is 5680. The highest BCUT2D eigenvalue weighted by Crippen LogP contribution is 2.54. The minimum atomic E-state index is -0.182. The molecule has 0 aromatic heterocycles. The number of nitrogens with zero attached hydrogens (tertiary/aromatic N) is 2. The lowest BCUT2D eigenvalue weighted by molar-refractivity contribution is 0.0509. The SMILES string of the molecule is CCCCCCCC(C)N1C(=O)c2ccc3c4ccc5c6ccc7c8cccc9c(-c%10ccc%11c%12ccc%13c%14c(ccc(c%15ccc(C)c%10c%15%11)c%14%12)C(=O)N(C(CCCCCCC)CCCCCCC)C%13=O)ccc(c%10ccc(c%11ccc(c%12ccc(c2c3%12)C1=O)c4c5%11)c6c7%10)c98. The number of unbranched alkanes of at least 4 members (excludes halogenated alkanes) is 12. The molecule has 2 aliphatic rings. The van der Waals surface area contributed by atoms with Crippen LogP contribution in [0.1, 0.15) is 190 Å². The molecule has 16 aromatic carbocycles. The second-order valence-corrected chi connectivity index (χ2v) is 28.6. The Morgan fingerprint density at radius 1 is 0.253 bits per heavy atom. The van der Waals surface area contributed by atoms with Gasteiger partial charge in [-0.1, -0.05) is 244 Å². The molecular formula is C89H78N2O4. The Morgan fingerprint density at radius 3 is 0.916 bits per heavy atom. The summed E-state index contributed by atoms with van der Waals surface area (Å²) in [6.07, 6.45) is 19.7. The summed E-state index contributed by atoms with van der Waals surface area (Å²) < 4.78 is 0. The van der Waals surface area contributed by atoms with Crippen LogP contribution in [0, 0.1) is 6.92 Å². The number of hydrogen-bond acceptors (Lipinski definition) is 4. The predicted molar refractivity (Wildman–Crippen MR) is 401 cm³/mol. The Morgan fingerprint density at radius 2 is 0.526 bits per heavy atom. The monoisotopic (exact) mass is 1240 g/mol. The summed E-state index contributed by atoms with van der Waals surface area (Å²) in [4.78, 5) is 62.3. The molecule has 0 saturated carbocycles. The molecule has 0 spiro atoms. The van der Waals surface area contributed by atoms with Crippen molar-refractivity contribution < 1.29 is 19.2 Å². The zero-order chi connectivity index (χ0) is 64.2. The molecule has 0 radical (unpaired) electrons. The van der Waals surface area contributed by atoms with E-state index < -0.39 is 0 Å². The first-order chi connectivity index (χ1) is 46.6. The van der Waals surface area contributed by atoms with Gasteiger partial charge in [-0.3, -0.25) is 29.0 Å². The van der Waals surface area contributed by atoms with Crippen LogP contribution in [0.3, 0.4) is 0 Å². The van der Waals surface area contributed by atoms with Gasteiger partial charge in [-0.2, -0.15) is 0 Å². The van der Waals surface area contributed by atoms with Crippen LogP contribution in [0.4, 0.5) is 0 Å². The number of imide groups is 2. The van der Waals surface area contributed by atoms with E-state index in [1.807, 2.05) is 31.2 Å². The molecule has 0 saturated heterocycles. The molecule has 6 nitrogen and oxygen atoms in total. The van der Waals surface area contributed by atoms with E-state index in [1.165, 1.54) is 166 Å². The zero-order valence-electron chi connectivity index (χ0n) is 55.3. The van der Waals surface area contributed by atoms with Gasteiger partial charge >= 0.3 is 0 Å². The van der Waals surface area contributed by atoms with Gasteiger partial charge in [-0.05, 0) is 214 Å². The summed E-state index contributed by atoms with van der Waals surface area (Å²) in [5.41, 5.74) is 6.13. The van der Waals surface area contributed by atoms with Crippen molar-refractivity contribution in [3.05, 3.63) is 179 Å². The van der Waals surface area contributed by atoms with E-state index in [-0.39, 0.29) is 35.7 Å². The summed E-state index contributed by atoms with van der Waals surface area (Å²) in [5, 5.41) is 32.3. The van der Waals surface area contributed by atoms with Crippen molar-refractivity contribution in [3.63, 3.8) is 0 Å². The van der Waals surface area contributed by atoms with Crippen LogP contribution in [0.25, 0.3) is 162 Å². The Kier molecular flexibility index (Phi) is 13.6. The first kappa shape index (κ1) is 58.1. The van der Waals surface area contributed by atoms with E-state index in [9.17, 15) is 9.59 Å². The van der Waals surface area contributed by atoms with Crippen molar-refractivity contribution in [2.45, 2.75) is 162 Å². The normalized spacial score (nSPS) is 14.4. The van der Waals surface area contributed by atoms with Crippen LogP contribution in [-0.2, 0) is 0 Å². The minimum Gasteiger partial charge on any atom is -0.272 e. The van der Waals surface area contributed by atoms with Crippen molar-refractivity contribution in [1.29, 1.82) is 0 Å². The largest absolute Gasteiger partial charge is 0.272 e. The molecule has 6 heteroatoms. The van der Waals surface area contributed by atoms with Crippen molar-refractivity contribution in [1.82, 2.24) is 9.80 Å². The lowest BCUT2D eigenvalue weighted by Crippen LogP contribution is -2.47. The first-order valence-corrected chi connectivity index (χ1v) is 35.9. The highest BCUT2D eigenvalue weighted by atomic mass is 16.2. The maximum Gasteiger partial charge on any atom is 0.261 e. The predicted octanol–water partition coefficient (Wildman–Crippen LogP) is 24.6. The maximum absolute atomic E-state index is 15.0. The highest BCUT2D eigenvalue weighted by Gasteiger charge is 2.40. The number of rotatable bonds is 21. The summed E-state index contributed by atoms with van der Waals surface area (Å²) in [6, 6.07) is 55.9. The molecule has 0 bridgehead atoms. The summed E-state index contributed by atoms with van der Waals surface area (Å²) in [5.74, 6) is -0.639. The summed E-state index contributed by atoms with van der Waals surface area (Å²) in [7, 11) is 0. The van der Waals surface area contributed by atoms with E-state index in [0.717, 1.165) is 122 Å². The molecular weight excluding hydrogens is 1160 g/mol. The van der Waals surface area contributed by atoms with Crippen molar-refractivity contribution >= 4 is 174 Å². The number of carbonyl (C=O) groups excluding carboxylic acids is 4. The minimum absolute atomic E-state index is 0.108. The molecule has 1 unspecified atom stereocenters. The molecule has 16 aromatic rings. The fourth-order valence-corrected chi connectivity index (χ4v) is 18.8. The molecule has 2 aliphatic heterocycles. The molecule has 95 heavy (non-hydrogen) atoms. The number of carbonyl (C=O) groups is 4. The van der Waals surface area contributed by atoms with Gasteiger partial charge in [0.25, 0.3) is 23.6 Å². The van der Waals surface area contributed by atoms with Crippen LogP contribution in [-0.4, -0.2) is 45.5 Å². The third-order valence-electron chi connectivity index (χ3n) is 23.3. The standard InChI is InChI=1S/C89H78N2O4/c1-6-9-12-15-18-22-50(5)90-86(92)71-45-41-69-65-39-37-63-61-35-33-58-54-26-21-25-53-52(29-30-56(76(53)54)59-34-36-62(79(61)78(58)59)64-38-40-66(81(65)80(63)64)70-42-46-72(87(90)93)84(71)83(69)70)55-31-32-60-68-44-48-74-85-73(47-43-67(82(68)85)57-28-27-49(4)75(55)77(57)60)88(94)91(89(74)95)51(23-19-16-13-10-7-2)24-20-17-14-11-8-3/h21,25-48,50-51H,6-20,22-24H2,1-5H3. The van der Waals surface area contributed by atoms with Gasteiger partial charge in [0.1, 0.15) is 0 Å². The van der Waals surface area contributed by atoms with Crippen LogP contribution < -0.4 is 0 Å². The van der Waals surface area contributed by atoms with Crippen LogP contribution in [0.15, 0.2) is 152 Å². The molecule has 2 heterocycles. The number of aryl methyl sites for hydroxylation is 1. The smallest absolute Gasteiger partial charge is 0.261 e. The topological polar surface area (TPSA) is 74.8 Å². The Balaban J connectivity index is 0.750. The van der Waals surface area contributed by atoms with Gasteiger partial charge < -0.3 is 0 Å². The second-order valence-electron chi connectivity index (χ2n) is 28.6. The maximum atomic E-state index is 15.0. The average molecular weight is 1240 g/mol.